The first kappa shape index (κ1) is 39.8. The average Bonchev–Trinajstić information content (AvgIpc) is 3.45. The van der Waals surface area contributed by atoms with Crippen molar-refractivity contribution in [1.29, 1.82) is 0 Å². The third-order valence-electron chi connectivity index (χ3n) is 12.2. The molecule has 56 heavy (non-hydrogen) atoms. The van der Waals surface area contributed by atoms with Gasteiger partial charge in [-0.2, -0.15) is 0 Å². The second-order valence-corrected chi connectivity index (χ2v) is 17.1. The van der Waals surface area contributed by atoms with E-state index >= 15 is 0 Å². The fraction of sp³-hybridized carbons (Fsp3) is 0.500. The molecule has 4 amide bonds. The van der Waals surface area contributed by atoms with E-state index in [1.54, 1.807) is 37.6 Å². The van der Waals surface area contributed by atoms with Crippen LogP contribution in [-0.2, 0) is 26.8 Å². The lowest BCUT2D eigenvalue weighted by molar-refractivity contribution is -0.134. The summed E-state index contributed by atoms with van der Waals surface area (Å²) in [5.41, 5.74) is 4.84. The first-order chi connectivity index (χ1) is 27.1. The number of hydrogen-bond donors (Lipinski definition) is 1. The SMILES string of the molecule is CCOc1cc(C(CS(C)=O)N2C(=O)c3ccc(CCCN4CCC(N5CCC(c6ccc(C7CCC(=O)NC7=O)cc6)CC5)CC4)cc3C2=O)ccc1OC. The number of likely N-dealkylation sites (tertiary alicyclic amines) is 2. The van der Waals surface area contributed by atoms with Crippen molar-refractivity contribution < 1.29 is 32.9 Å². The highest BCUT2D eigenvalue weighted by Crippen LogP contribution is 2.37. The van der Waals surface area contributed by atoms with Gasteiger partial charge in [0.25, 0.3) is 11.8 Å². The van der Waals surface area contributed by atoms with Crippen molar-refractivity contribution in [3.8, 4) is 11.5 Å². The largest absolute Gasteiger partial charge is 0.493 e. The quantitative estimate of drug-likeness (QED) is 0.208. The molecule has 3 fully saturated rings. The first-order valence-corrected chi connectivity index (χ1v) is 21.9. The molecule has 298 valence electrons. The van der Waals surface area contributed by atoms with Crippen molar-refractivity contribution in [3.05, 3.63) is 94.0 Å². The maximum Gasteiger partial charge on any atom is 0.262 e. The summed E-state index contributed by atoms with van der Waals surface area (Å²) in [6.45, 7) is 7.65. The number of aryl methyl sites for hydroxylation is 1. The standard InChI is InChI=1S/C44H54N4O7S/c1-4-55-40-27-33(12-15-39(40)54-2)38(28-56(3)53)48-43(51)36-13-7-29(26-37(36)44(48)52)6-5-21-46-22-19-34(20-23-46)47-24-17-31(18-25-47)30-8-10-32(11-9-30)35-14-16-41(49)45-42(35)50/h7-13,15,26-27,31,34-35,38H,4-6,14,16-25,28H2,1-3H3,(H,45,49,50). The second-order valence-electron chi connectivity index (χ2n) is 15.6. The minimum atomic E-state index is -1.27. The topological polar surface area (TPSA) is 126 Å². The van der Waals surface area contributed by atoms with E-state index in [2.05, 4.69) is 39.4 Å². The number of benzene rings is 3. The molecule has 3 saturated heterocycles. The molecule has 3 aromatic rings. The number of amides is 4. The highest BCUT2D eigenvalue weighted by molar-refractivity contribution is 7.84. The summed E-state index contributed by atoms with van der Waals surface area (Å²) in [4.78, 5) is 57.9. The molecule has 7 rings (SSSR count). The van der Waals surface area contributed by atoms with Crippen molar-refractivity contribution >= 4 is 34.4 Å². The summed E-state index contributed by atoms with van der Waals surface area (Å²) in [6, 6.07) is 19.4. The number of methoxy groups -OCH3 is 1. The number of nitrogens with zero attached hydrogens (tertiary/aromatic N) is 3. The Bertz CT molecular complexity index is 1950. The molecule has 3 atom stereocenters. The van der Waals surface area contributed by atoms with Gasteiger partial charge in [0, 0.05) is 35.3 Å². The minimum absolute atomic E-state index is 0.120. The molecule has 11 nitrogen and oxygen atoms in total. The number of hydrogen-bond acceptors (Lipinski definition) is 9. The van der Waals surface area contributed by atoms with Crippen LogP contribution in [0.1, 0.15) is 113 Å². The summed E-state index contributed by atoms with van der Waals surface area (Å²) >= 11 is 0. The molecule has 3 unspecified atom stereocenters. The number of piperidine rings is 3. The molecule has 4 aliphatic heterocycles. The van der Waals surface area contributed by atoms with E-state index in [0.717, 1.165) is 69.5 Å². The molecular formula is C44H54N4O7S. The van der Waals surface area contributed by atoms with Gasteiger partial charge in [-0.05, 0) is 137 Å². The van der Waals surface area contributed by atoms with E-state index < -0.39 is 16.8 Å². The molecule has 0 aliphatic carbocycles. The number of nitrogens with one attached hydrogen (secondary N) is 1. The Morgan fingerprint density at radius 2 is 1.54 bits per heavy atom. The number of fused-ring (bicyclic) bond motifs is 1. The third-order valence-corrected chi connectivity index (χ3v) is 12.9. The van der Waals surface area contributed by atoms with Crippen LogP contribution in [0.5, 0.6) is 11.5 Å². The van der Waals surface area contributed by atoms with Crippen LogP contribution in [-0.4, -0.2) is 107 Å². The van der Waals surface area contributed by atoms with Crippen molar-refractivity contribution in [2.24, 2.45) is 0 Å². The second kappa shape index (κ2) is 17.8. The number of imide groups is 2. The predicted molar refractivity (Wildman–Crippen MR) is 216 cm³/mol. The van der Waals surface area contributed by atoms with Crippen LogP contribution in [0, 0.1) is 0 Å². The van der Waals surface area contributed by atoms with Gasteiger partial charge in [0.2, 0.25) is 11.8 Å². The highest BCUT2D eigenvalue weighted by atomic mass is 32.2. The van der Waals surface area contributed by atoms with Crippen LogP contribution < -0.4 is 14.8 Å². The van der Waals surface area contributed by atoms with E-state index in [0.29, 0.717) is 59.6 Å². The lowest BCUT2D eigenvalue weighted by Gasteiger charge is -2.42. The summed E-state index contributed by atoms with van der Waals surface area (Å²) in [7, 11) is 0.285. The van der Waals surface area contributed by atoms with Crippen molar-refractivity contribution in [2.75, 3.05) is 58.4 Å². The van der Waals surface area contributed by atoms with Crippen LogP contribution in [0.15, 0.2) is 60.7 Å². The van der Waals surface area contributed by atoms with E-state index in [1.165, 1.54) is 23.3 Å². The molecule has 0 radical (unpaired) electrons. The van der Waals surface area contributed by atoms with Gasteiger partial charge in [0.15, 0.2) is 11.5 Å². The minimum Gasteiger partial charge on any atom is -0.493 e. The Morgan fingerprint density at radius 1 is 0.821 bits per heavy atom. The molecule has 3 aromatic carbocycles. The Morgan fingerprint density at radius 3 is 2.21 bits per heavy atom. The van der Waals surface area contributed by atoms with Gasteiger partial charge in [0.05, 0.1) is 36.8 Å². The van der Waals surface area contributed by atoms with Gasteiger partial charge >= 0.3 is 0 Å². The van der Waals surface area contributed by atoms with Crippen molar-refractivity contribution in [1.82, 2.24) is 20.0 Å². The van der Waals surface area contributed by atoms with Crippen LogP contribution in [0.3, 0.4) is 0 Å². The molecule has 4 heterocycles. The summed E-state index contributed by atoms with van der Waals surface area (Å²) in [6.07, 6.45) is 8.95. The van der Waals surface area contributed by atoms with E-state index in [1.807, 2.05) is 19.1 Å². The molecular weight excluding hydrogens is 729 g/mol. The summed E-state index contributed by atoms with van der Waals surface area (Å²) < 4.78 is 23.7. The van der Waals surface area contributed by atoms with Gasteiger partial charge in [-0.1, -0.05) is 36.4 Å². The van der Waals surface area contributed by atoms with Crippen LogP contribution in [0.4, 0.5) is 0 Å². The number of ether oxygens (including phenoxy) is 2. The normalized spacial score (nSPS) is 21.2. The monoisotopic (exact) mass is 782 g/mol. The zero-order chi connectivity index (χ0) is 39.3. The highest BCUT2D eigenvalue weighted by Gasteiger charge is 2.41. The molecule has 0 aromatic heterocycles. The van der Waals surface area contributed by atoms with Gasteiger partial charge < -0.3 is 19.3 Å². The number of rotatable bonds is 14. The summed E-state index contributed by atoms with van der Waals surface area (Å²) in [5.74, 6) is 0.391. The van der Waals surface area contributed by atoms with E-state index in [9.17, 15) is 23.4 Å². The molecule has 1 N–H and O–H groups in total. The zero-order valence-electron chi connectivity index (χ0n) is 32.8. The molecule has 4 aliphatic rings. The third kappa shape index (κ3) is 8.77. The first-order valence-electron chi connectivity index (χ1n) is 20.1. The fourth-order valence-electron chi connectivity index (χ4n) is 9.08. The molecule has 0 saturated carbocycles. The van der Waals surface area contributed by atoms with Crippen LogP contribution in [0.2, 0.25) is 0 Å². The lowest BCUT2D eigenvalue weighted by Crippen LogP contribution is -2.47. The number of carbonyl (C=O) groups excluding carboxylic acids is 4. The molecule has 12 heteroatoms. The Balaban J connectivity index is 0.877. The van der Waals surface area contributed by atoms with Crippen molar-refractivity contribution in [3.63, 3.8) is 0 Å². The van der Waals surface area contributed by atoms with Gasteiger partial charge in [-0.3, -0.25) is 33.6 Å². The van der Waals surface area contributed by atoms with E-state index in [-0.39, 0.29) is 35.3 Å². The smallest absolute Gasteiger partial charge is 0.262 e. The van der Waals surface area contributed by atoms with E-state index in [4.69, 9.17) is 9.47 Å². The Labute approximate surface area is 332 Å². The van der Waals surface area contributed by atoms with Crippen molar-refractivity contribution in [2.45, 2.75) is 82.2 Å². The fourth-order valence-corrected chi connectivity index (χ4v) is 9.87. The molecule has 0 spiro atoms. The van der Waals surface area contributed by atoms with Crippen LogP contribution in [0.25, 0.3) is 0 Å². The average molecular weight is 783 g/mol. The molecule has 0 bridgehead atoms. The predicted octanol–water partition coefficient (Wildman–Crippen LogP) is 5.61. The van der Waals surface area contributed by atoms with Gasteiger partial charge in [0.1, 0.15) is 0 Å². The van der Waals surface area contributed by atoms with Gasteiger partial charge in [-0.25, -0.2) is 0 Å². The van der Waals surface area contributed by atoms with Gasteiger partial charge in [-0.15, -0.1) is 0 Å². The maximum absolute atomic E-state index is 13.9. The summed E-state index contributed by atoms with van der Waals surface area (Å²) in [5, 5.41) is 2.47. The maximum atomic E-state index is 13.9. The van der Waals surface area contributed by atoms with Crippen LogP contribution >= 0.6 is 0 Å². The Hall–Kier alpha value is -4.39. The lowest BCUT2D eigenvalue weighted by atomic mass is 9.85. The zero-order valence-corrected chi connectivity index (χ0v) is 33.6. The number of carbonyl (C=O) groups is 4. The Kier molecular flexibility index (Phi) is 12.7.